The normalized spacial score (nSPS) is 8.50. The molecule has 1 aromatic carbocycles. The number of benzene rings is 1. The highest BCUT2D eigenvalue weighted by atomic mass is 31.0. The second-order valence-corrected chi connectivity index (χ2v) is 3.17. The van der Waals surface area contributed by atoms with Gasteiger partial charge in [-0.25, -0.2) is 0 Å². The van der Waals surface area contributed by atoms with Crippen molar-refractivity contribution in [2.45, 2.75) is 6.92 Å². The van der Waals surface area contributed by atoms with Crippen LogP contribution in [0.15, 0.2) is 30.8 Å². The van der Waals surface area contributed by atoms with E-state index in [1.54, 1.807) is 0 Å². The van der Waals surface area contributed by atoms with Gasteiger partial charge in [-0.3, -0.25) is 0 Å². The Kier molecular flexibility index (Phi) is 3.09. The predicted octanol–water partition coefficient (Wildman–Crippen LogP) is 2.90. The summed E-state index contributed by atoms with van der Waals surface area (Å²) in [5, 5.41) is 1.01. The maximum absolute atomic E-state index is 3.83. The summed E-state index contributed by atoms with van der Waals surface area (Å²) in [5.41, 5.74) is 2.19. The van der Waals surface area contributed by atoms with E-state index in [9.17, 15) is 0 Å². The van der Waals surface area contributed by atoms with E-state index in [4.69, 9.17) is 0 Å². The molecule has 1 aromatic rings. The monoisotopic (exact) mass is 174 g/mol. The van der Waals surface area contributed by atoms with Crippen molar-refractivity contribution < 1.29 is 0 Å². The van der Waals surface area contributed by atoms with Gasteiger partial charge in [0.1, 0.15) is 0 Å². The molecular formula is C11H11P. The molecule has 0 heterocycles. The van der Waals surface area contributed by atoms with E-state index in [1.165, 1.54) is 0 Å². The van der Waals surface area contributed by atoms with Gasteiger partial charge in [0.25, 0.3) is 0 Å². The van der Waals surface area contributed by atoms with Crippen molar-refractivity contribution in [3.8, 4) is 11.8 Å². The van der Waals surface area contributed by atoms with Crippen molar-refractivity contribution in [2.75, 3.05) is 0 Å². The molecule has 0 amide bonds. The smallest absolute Gasteiger partial charge is 0.0245 e. The van der Waals surface area contributed by atoms with Crippen LogP contribution in [-0.4, -0.2) is 0 Å². The van der Waals surface area contributed by atoms with Crippen molar-refractivity contribution in [3.63, 3.8) is 0 Å². The van der Waals surface area contributed by atoms with Gasteiger partial charge in [-0.1, -0.05) is 24.6 Å². The molecule has 0 saturated heterocycles. The first-order valence-corrected chi connectivity index (χ1v) is 4.29. The first-order chi connectivity index (χ1) is 5.74. The van der Waals surface area contributed by atoms with E-state index in [0.717, 1.165) is 16.4 Å². The Hall–Kier alpha value is -1.05. The Bertz CT molecular complexity index is 336. The van der Waals surface area contributed by atoms with Gasteiger partial charge >= 0.3 is 0 Å². The molecule has 0 aliphatic heterocycles. The molecule has 0 aliphatic carbocycles. The zero-order valence-corrected chi connectivity index (χ0v) is 8.25. The molecule has 0 bridgehead atoms. The van der Waals surface area contributed by atoms with Crippen LogP contribution in [-0.2, 0) is 0 Å². The van der Waals surface area contributed by atoms with Crippen LogP contribution in [0.5, 0.6) is 0 Å². The van der Waals surface area contributed by atoms with Crippen molar-refractivity contribution in [1.29, 1.82) is 0 Å². The fourth-order valence-corrected chi connectivity index (χ4v) is 1.10. The third-order valence-corrected chi connectivity index (χ3v) is 1.86. The van der Waals surface area contributed by atoms with Crippen LogP contribution >= 0.6 is 9.24 Å². The third-order valence-electron chi connectivity index (χ3n) is 1.53. The van der Waals surface area contributed by atoms with Gasteiger partial charge in [0.05, 0.1) is 0 Å². The minimum Gasteiger partial charge on any atom is -0.106 e. The van der Waals surface area contributed by atoms with Crippen LogP contribution in [0, 0.1) is 11.8 Å². The van der Waals surface area contributed by atoms with Crippen molar-refractivity contribution in [2.24, 2.45) is 0 Å². The first kappa shape index (κ1) is 9.04. The molecule has 0 aromatic heterocycles. The van der Waals surface area contributed by atoms with Gasteiger partial charge in [-0.15, -0.1) is 15.2 Å². The highest BCUT2D eigenvalue weighted by molar-refractivity contribution is 7.31. The van der Waals surface area contributed by atoms with E-state index in [-0.39, 0.29) is 0 Å². The second kappa shape index (κ2) is 4.10. The summed E-state index contributed by atoms with van der Waals surface area (Å²) >= 11 is 0. The first-order valence-electron chi connectivity index (χ1n) is 3.71. The molecule has 0 radical (unpaired) electrons. The second-order valence-electron chi connectivity index (χ2n) is 2.48. The summed E-state index contributed by atoms with van der Waals surface area (Å²) in [6, 6.07) is 8.05. The standard InChI is InChI=1S/C11H11P/c1-3-4-10-5-7-11(8-6-10)9(2)12/h5-8H,2,12H2,1H3. The van der Waals surface area contributed by atoms with Crippen LogP contribution in [0.25, 0.3) is 5.31 Å². The quantitative estimate of drug-likeness (QED) is 0.453. The Balaban J connectivity index is 2.98. The minimum atomic E-state index is 1.01. The van der Waals surface area contributed by atoms with Crippen molar-refractivity contribution in [1.82, 2.24) is 0 Å². The average molecular weight is 174 g/mol. The lowest BCUT2D eigenvalue weighted by Gasteiger charge is -1.97. The maximum atomic E-state index is 3.83. The lowest BCUT2D eigenvalue weighted by molar-refractivity contribution is 1.60. The molecule has 0 fully saturated rings. The highest BCUT2D eigenvalue weighted by Crippen LogP contribution is 2.18. The summed E-state index contributed by atoms with van der Waals surface area (Å²) in [7, 11) is 2.58. The topological polar surface area (TPSA) is 0 Å². The van der Waals surface area contributed by atoms with Crippen LogP contribution in [0.2, 0.25) is 0 Å². The molecule has 1 rings (SSSR count). The Morgan fingerprint density at radius 2 is 1.92 bits per heavy atom. The van der Waals surface area contributed by atoms with Crippen molar-refractivity contribution >= 4 is 14.6 Å². The molecule has 1 atom stereocenters. The third kappa shape index (κ3) is 2.22. The van der Waals surface area contributed by atoms with Gasteiger partial charge in [0.15, 0.2) is 0 Å². The molecule has 12 heavy (non-hydrogen) atoms. The van der Waals surface area contributed by atoms with Gasteiger partial charge in [0.2, 0.25) is 0 Å². The molecular weight excluding hydrogens is 163 g/mol. The molecule has 1 unspecified atom stereocenters. The zero-order chi connectivity index (χ0) is 8.97. The summed E-state index contributed by atoms with van der Waals surface area (Å²) in [6.45, 7) is 5.66. The molecule has 0 aliphatic rings. The van der Waals surface area contributed by atoms with Gasteiger partial charge in [-0.2, -0.15) is 0 Å². The maximum Gasteiger partial charge on any atom is 0.0245 e. The fraction of sp³-hybridized carbons (Fsp3) is 0.0909. The number of rotatable bonds is 1. The lowest BCUT2D eigenvalue weighted by Crippen LogP contribution is -1.76. The van der Waals surface area contributed by atoms with E-state index in [1.807, 2.05) is 31.2 Å². The summed E-state index contributed by atoms with van der Waals surface area (Å²) in [5.74, 6) is 5.84. The van der Waals surface area contributed by atoms with Crippen molar-refractivity contribution in [3.05, 3.63) is 42.0 Å². The molecule has 0 spiro atoms. The Morgan fingerprint density at radius 1 is 1.33 bits per heavy atom. The summed E-state index contributed by atoms with van der Waals surface area (Å²) in [4.78, 5) is 0. The van der Waals surface area contributed by atoms with Gasteiger partial charge < -0.3 is 0 Å². The van der Waals surface area contributed by atoms with Crippen LogP contribution in [0.1, 0.15) is 18.1 Å². The van der Waals surface area contributed by atoms with E-state index in [2.05, 4.69) is 27.7 Å². The number of hydrogen-bond donors (Lipinski definition) is 0. The fourth-order valence-electron chi connectivity index (χ4n) is 0.912. The lowest BCUT2D eigenvalue weighted by atomic mass is 10.1. The summed E-state index contributed by atoms with van der Waals surface area (Å²) in [6.07, 6.45) is 0. The largest absolute Gasteiger partial charge is 0.106 e. The van der Waals surface area contributed by atoms with Crippen LogP contribution in [0.4, 0.5) is 0 Å². The summed E-state index contributed by atoms with van der Waals surface area (Å²) < 4.78 is 0. The van der Waals surface area contributed by atoms with Crippen LogP contribution < -0.4 is 0 Å². The number of hydrogen-bond acceptors (Lipinski definition) is 0. The molecule has 1 heteroatoms. The minimum absolute atomic E-state index is 1.01. The van der Waals surface area contributed by atoms with Gasteiger partial charge in [0, 0.05) is 5.56 Å². The average Bonchev–Trinajstić information content (AvgIpc) is 2.06. The molecule has 0 nitrogen and oxygen atoms in total. The molecule has 60 valence electrons. The van der Waals surface area contributed by atoms with E-state index < -0.39 is 0 Å². The van der Waals surface area contributed by atoms with E-state index in [0.29, 0.717) is 0 Å². The molecule has 0 N–H and O–H groups in total. The van der Waals surface area contributed by atoms with Crippen LogP contribution in [0.3, 0.4) is 0 Å². The molecule has 0 saturated carbocycles. The Labute approximate surface area is 75.9 Å². The van der Waals surface area contributed by atoms with E-state index >= 15 is 0 Å². The highest BCUT2D eigenvalue weighted by Gasteiger charge is 1.91. The Morgan fingerprint density at radius 3 is 2.33 bits per heavy atom. The van der Waals surface area contributed by atoms with Gasteiger partial charge in [-0.05, 0) is 29.9 Å². The SMILES string of the molecule is C=C(P)c1ccc(C#CC)cc1. The predicted molar refractivity (Wildman–Crippen MR) is 57.7 cm³/mol. The zero-order valence-electron chi connectivity index (χ0n) is 7.09.